The lowest BCUT2D eigenvalue weighted by Crippen LogP contribution is -2.43. The van der Waals surface area contributed by atoms with Crippen molar-refractivity contribution in [2.45, 2.75) is 116 Å². The molecule has 0 saturated heterocycles. The monoisotopic (exact) mass is 444 g/mol. The molecule has 0 bridgehead atoms. The first-order valence-electron chi connectivity index (χ1n) is 11.5. The first kappa shape index (κ1) is 28.6. The fourth-order valence-corrected chi connectivity index (χ4v) is 16.0. The van der Waals surface area contributed by atoms with Crippen LogP contribution in [0.5, 0.6) is 0 Å². The van der Waals surface area contributed by atoms with Gasteiger partial charge in [-0.2, -0.15) is 0 Å². The van der Waals surface area contributed by atoms with Crippen LogP contribution < -0.4 is 0 Å². The fourth-order valence-electron chi connectivity index (χ4n) is 5.54. The Morgan fingerprint density at radius 2 is 0.700 bits per heavy atom. The van der Waals surface area contributed by atoms with Crippen LogP contribution >= 0.6 is 0 Å². The van der Waals surface area contributed by atoms with E-state index < -0.39 is 16.1 Å². The van der Waals surface area contributed by atoms with Gasteiger partial charge in [0.05, 0.1) is 11.1 Å². The Hall–Kier alpha value is -1.37. The van der Waals surface area contributed by atoms with E-state index in [9.17, 15) is 9.59 Å². The van der Waals surface area contributed by atoms with E-state index >= 15 is 0 Å². The number of aldehydes is 2. The van der Waals surface area contributed by atoms with Gasteiger partial charge < -0.3 is 0 Å². The fraction of sp³-hybridized carbons (Fsp3) is 0.692. The molecule has 0 aliphatic carbocycles. The van der Waals surface area contributed by atoms with Crippen molar-refractivity contribution in [2.24, 2.45) is 0 Å². The van der Waals surface area contributed by atoms with Crippen LogP contribution in [0.25, 0.3) is 0 Å². The van der Waals surface area contributed by atoms with E-state index in [1.54, 1.807) is 0 Å². The van der Waals surface area contributed by atoms with Gasteiger partial charge in [-0.3, -0.25) is 9.59 Å². The zero-order valence-corrected chi connectivity index (χ0v) is 23.4. The van der Waals surface area contributed by atoms with Crippen LogP contribution in [-0.4, -0.2) is 28.7 Å². The third-order valence-corrected chi connectivity index (χ3v) is 19.7. The van der Waals surface area contributed by atoms with E-state index in [1.807, 2.05) is 0 Å². The summed E-state index contributed by atoms with van der Waals surface area (Å²) in [6.45, 7) is 26.8. The Morgan fingerprint density at radius 3 is 0.833 bits per heavy atom. The lowest BCUT2D eigenvalue weighted by molar-refractivity contribution is -0.106. The molecule has 0 spiro atoms. The maximum absolute atomic E-state index is 11.9. The Morgan fingerprint density at radius 1 is 0.500 bits per heavy atom. The van der Waals surface area contributed by atoms with E-state index in [0.717, 1.165) is 12.6 Å². The minimum Gasteiger partial charge on any atom is -0.297 e. The Bertz CT molecular complexity index is 640. The van der Waals surface area contributed by atoms with Crippen molar-refractivity contribution >= 4 is 28.7 Å². The van der Waals surface area contributed by atoms with Crippen LogP contribution in [0.1, 0.15) is 83.1 Å². The van der Waals surface area contributed by atoms with E-state index in [0.29, 0.717) is 33.2 Å². The number of hydrogen-bond acceptors (Lipinski definition) is 2. The van der Waals surface area contributed by atoms with Gasteiger partial charge in [-0.05, 0) is 33.2 Å². The second-order valence-corrected chi connectivity index (χ2v) is 21.5. The summed E-state index contributed by atoms with van der Waals surface area (Å²) in [5.41, 5.74) is 10.4. The number of carbonyl (C=O) groups is 2. The second kappa shape index (κ2) is 11.9. The van der Waals surface area contributed by atoms with Crippen LogP contribution in [0, 0.1) is 22.9 Å². The molecule has 0 aromatic rings. The average molecular weight is 445 g/mol. The maximum Gasteiger partial charge on any atom is 0.159 e. The molecule has 0 aromatic carbocycles. The lowest BCUT2D eigenvalue weighted by atomic mass is 10.1. The molecule has 0 amide bonds. The van der Waals surface area contributed by atoms with Crippen LogP contribution in [0.2, 0.25) is 33.2 Å². The third kappa shape index (κ3) is 5.86. The summed E-state index contributed by atoms with van der Waals surface area (Å²) < 4.78 is 0. The van der Waals surface area contributed by atoms with Crippen molar-refractivity contribution in [3.63, 3.8) is 0 Å². The van der Waals surface area contributed by atoms with Gasteiger partial charge in [0.15, 0.2) is 12.6 Å². The molecule has 0 aromatic heterocycles. The summed E-state index contributed by atoms with van der Waals surface area (Å²) in [4.78, 5) is 23.8. The first-order valence-corrected chi connectivity index (χ1v) is 15.9. The molecule has 2 nitrogen and oxygen atoms in total. The van der Waals surface area contributed by atoms with E-state index in [-0.39, 0.29) is 11.1 Å². The van der Waals surface area contributed by atoms with Crippen LogP contribution in [-0.2, 0) is 9.59 Å². The van der Waals surface area contributed by atoms with Gasteiger partial charge >= 0.3 is 0 Å². The van der Waals surface area contributed by atoms with Gasteiger partial charge in [0.1, 0.15) is 16.1 Å². The highest BCUT2D eigenvalue weighted by Crippen LogP contribution is 2.41. The molecule has 0 radical (unpaired) electrons. The molecule has 168 valence electrons. The summed E-state index contributed by atoms with van der Waals surface area (Å²) in [6.07, 6.45) is 1.43. The van der Waals surface area contributed by atoms with Gasteiger partial charge in [0, 0.05) is 0 Å². The average Bonchev–Trinajstić information content (AvgIpc) is 2.61. The van der Waals surface area contributed by atoms with Crippen molar-refractivity contribution in [3.05, 3.63) is 11.1 Å². The Kier molecular flexibility index (Phi) is 11.3. The standard InChI is InChI=1S/C26H44O2Si2/c1-19(2)29(20(3)4,21(5)6)15-13-25(17-27)26(18-28)14-16-30(22(7)8,23(9)10)24(11)12/h17-24H,1-12H3/b26-25+. The van der Waals surface area contributed by atoms with Crippen LogP contribution in [0.3, 0.4) is 0 Å². The summed E-state index contributed by atoms with van der Waals surface area (Å²) >= 11 is 0. The number of carbonyl (C=O) groups excluding carboxylic acids is 2. The molecule has 0 N–H and O–H groups in total. The highest BCUT2D eigenvalue weighted by Gasteiger charge is 2.42. The molecule has 0 aliphatic rings. The largest absolute Gasteiger partial charge is 0.297 e. The van der Waals surface area contributed by atoms with Crippen molar-refractivity contribution in [1.29, 1.82) is 0 Å². The Balaban J connectivity index is 6.75. The van der Waals surface area contributed by atoms with Gasteiger partial charge in [-0.15, -0.1) is 11.1 Å². The molecular weight excluding hydrogens is 400 g/mol. The quantitative estimate of drug-likeness (QED) is 0.173. The topological polar surface area (TPSA) is 34.1 Å². The molecule has 0 atom stereocenters. The summed E-state index contributed by atoms with van der Waals surface area (Å²) in [5.74, 6) is 6.27. The summed E-state index contributed by atoms with van der Waals surface area (Å²) in [5, 5.41) is 0. The predicted molar refractivity (Wildman–Crippen MR) is 137 cm³/mol. The molecular formula is C26H44O2Si2. The van der Waals surface area contributed by atoms with Crippen molar-refractivity contribution in [3.8, 4) is 22.9 Å². The smallest absolute Gasteiger partial charge is 0.159 e. The van der Waals surface area contributed by atoms with Gasteiger partial charge in [-0.1, -0.05) is 94.9 Å². The minimum absolute atomic E-state index is 0.246. The maximum atomic E-state index is 11.9. The van der Waals surface area contributed by atoms with E-state index in [4.69, 9.17) is 0 Å². The van der Waals surface area contributed by atoms with E-state index in [2.05, 4.69) is 106 Å². The zero-order valence-electron chi connectivity index (χ0n) is 21.4. The van der Waals surface area contributed by atoms with Crippen molar-refractivity contribution in [2.75, 3.05) is 0 Å². The first-order chi connectivity index (χ1) is 13.7. The number of hydrogen-bond donors (Lipinski definition) is 0. The summed E-state index contributed by atoms with van der Waals surface area (Å²) in [6, 6.07) is 0. The normalized spacial score (nSPS) is 13.4. The van der Waals surface area contributed by atoms with Crippen LogP contribution in [0.15, 0.2) is 11.1 Å². The molecule has 0 unspecified atom stereocenters. The molecule has 4 heteroatoms. The number of allylic oxidation sites excluding steroid dienone is 2. The molecule has 0 fully saturated rings. The number of rotatable bonds is 8. The zero-order chi connectivity index (χ0) is 23.9. The lowest BCUT2D eigenvalue weighted by Gasteiger charge is -2.38. The highest BCUT2D eigenvalue weighted by molar-refractivity contribution is 6.91. The molecule has 0 rings (SSSR count). The van der Waals surface area contributed by atoms with Gasteiger partial charge in [0.25, 0.3) is 0 Å². The van der Waals surface area contributed by atoms with Crippen molar-refractivity contribution < 1.29 is 9.59 Å². The van der Waals surface area contributed by atoms with Gasteiger partial charge in [-0.25, -0.2) is 0 Å². The molecule has 0 heterocycles. The van der Waals surface area contributed by atoms with Gasteiger partial charge in [0.2, 0.25) is 0 Å². The Labute approximate surface area is 188 Å². The SMILES string of the molecule is CC(C)[Si](C#C/C(C=O)=C(/C#C[Si](C(C)C)(C(C)C)C(C)C)C=O)(C(C)C)C(C)C. The highest BCUT2D eigenvalue weighted by atomic mass is 28.3. The summed E-state index contributed by atoms with van der Waals surface area (Å²) in [7, 11) is -3.98. The van der Waals surface area contributed by atoms with E-state index in [1.165, 1.54) is 0 Å². The molecule has 30 heavy (non-hydrogen) atoms. The predicted octanol–water partition coefficient (Wildman–Crippen LogP) is 7.12. The minimum atomic E-state index is -1.99. The van der Waals surface area contributed by atoms with Crippen molar-refractivity contribution in [1.82, 2.24) is 0 Å². The molecule has 0 saturated carbocycles. The van der Waals surface area contributed by atoms with Crippen LogP contribution in [0.4, 0.5) is 0 Å². The molecule has 0 aliphatic heterocycles. The third-order valence-electron chi connectivity index (χ3n) is 7.09. The second-order valence-electron chi connectivity index (χ2n) is 10.4.